The molecule has 4 unspecified atom stereocenters. The second-order valence-electron chi connectivity index (χ2n) is 19.8. The summed E-state index contributed by atoms with van der Waals surface area (Å²) in [4.78, 5) is 93.6. The van der Waals surface area contributed by atoms with Crippen LogP contribution in [0.3, 0.4) is 0 Å². The van der Waals surface area contributed by atoms with Crippen LogP contribution < -0.4 is 32.7 Å². The Hall–Kier alpha value is -5.26. The summed E-state index contributed by atoms with van der Waals surface area (Å²) in [6.07, 6.45) is 17.3. The van der Waals surface area contributed by atoms with E-state index in [2.05, 4.69) is 111 Å². The minimum Gasteiger partial charge on any atom is -0.354 e. The highest BCUT2D eigenvalue weighted by molar-refractivity contribution is 5.90. The van der Waals surface area contributed by atoms with E-state index in [4.69, 9.17) is 5.73 Å². The number of aldehydes is 2. The van der Waals surface area contributed by atoms with E-state index in [1.165, 1.54) is 49.3 Å². The van der Waals surface area contributed by atoms with Gasteiger partial charge >= 0.3 is 0 Å². The van der Waals surface area contributed by atoms with Crippen molar-refractivity contribution in [1.29, 1.82) is 0 Å². The van der Waals surface area contributed by atoms with E-state index < -0.39 is 24.0 Å². The minimum absolute atomic E-state index is 0.0432. The van der Waals surface area contributed by atoms with Crippen LogP contribution in [-0.4, -0.2) is 148 Å². The molecule has 2 saturated heterocycles. The summed E-state index contributed by atoms with van der Waals surface area (Å²) < 4.78 is 0. The van der Waals surface area contributed by atoms with E-state index in [1.54, 1.807) is 33.0 Å². The van der Waals surface area contributed by atoms with E-state index in [1.807, 2.05) is 45.6 Å². The molecule has 0 spiro atoms. The Morgan fingerprint density at radius 1 is 0.863 bits per heavy atom. The van der Waals surface area contributed by atoms with E-state index in [-0.39, 0.29) is 54.2 Å². The zero-order chi connectivity index (χ0) is 57.1. The van der Waals surface area contributed by atoms with Crippen molar-refractivity contribution >= 4 is 48.5 Å². The molecule has 3 aliphatic rings. The number of likely N-dealkylation sites (tertiary alicyclic amines) is 2. The Morgan fingerprint density at radius 3 is 1.75 bits per heavy atom. The summed E-state index contributed by atoms with van der Waals surface area (Å²) in [5, 5.41) is 10.7. The molecule has 0 aromatic heterocycles. The number of likely N-dealkylation sites (N-methyl/N-ethyl adjacent to an activating group) is 1. The fourth-order valence-electron chi connectivity index (χ4n) is 6.30. The predicted octanol–water partition coefficient (Wildman–Crippen LogP) is 6.30. The Kier molecular flexibility index (Phi) is 46.1. The number of hydrogen-bond donors (Lipinski definition) is 6. The molecule has 73 heavy (non-hydrogen) atoms. The van der Waals surface area contributed by atoms with E-state index in [0.717, 1.165) is 44.6 Å². The van der Waals surface area contributed by atoms with Gasteiger partial charge in [0.15, 0.2) is 0 Å². The number of carbonyl (C=O) groups excluding carboxylic acids is 8. The first-order valence-electron chi connectivity index (χ1n) is 26.2. The molecule has 2 fully saturated rings. The van der Waals surface area contributed by atoms with Crippen LogP contribution in [0.25, 0.3) is 0 Å². The number of rotatable bonds is 15. The van der Waals surface area contributed by atoms with Gasteiger partial charge < -0.3 is 57.0 Å². The molecule has 2 aliphatic heterocycles. The minimum atomic E-state index is -0.697. The van der Waals surface area contributed by atoms with Crippen LogP contribution in [-0.2, 0) is 38.4 Å². The smallest absolute Gasteiger partial charge is 0.245 e. The van der Waals surface area contributed by atoms with Gasteiger partial charge in [-0.05, 0) is 95.7 Å². The predicted molar refractivity (Wildman–Crippen MR) is 299 cm³/mol. The lowest BCUT2D eigenvalue weighted by atomic mass is 9.85. The molecule has 1 aromatic carbocycles. The van der Waals surface area contributed by atoms with Crippen molar-refractivity contribution < 1.29 is 38.4 Å². The van der Waals surface area contributed by atoms with Crippen molar-refractivity contribution in [2.45, 2.75) is 184 Å². The Labute approximate surface area is 442 Å². The summed E-state index contributed by atoms with van der Waals surface area (Å²) in [7, 11) is 6.79. The lowest BCUT2D eigenvalue weighted by Gasteiger charge is -2.34. The van der Waals surface area contributed by atoms with Crippen LogP contribution >= 0.6 is 0 Å². The molecule has 2 heterocycles. The lowest BCUT2D eigenvalue weighted by molar-refractivity contribution is -0.139. The van der Waals surface area contributed by atoms with Crippen LogP contribution in [0.4, 0.5) is 0 Å². The van der Waals surface area contributed by atoms with Crippen molar-refractivity contribution in [3.05, 3.63) is 59.7 Å². The quantitative estimate of drug-likeness (QED) is 0.106. The fourth-order valence-corrected chi connectivity index (χ4v) is 6.30. The van der Waals surface area contributed by atoms with Gasteiger partial charge in [0.05, 0.1) is 24.7 Å². The Morgan fingerprint density at radius 2 is 1.41 bits per heavy atom. The number of carbonyl (C=O) groups is 8. The molecule has 6 amide bonds. The third-order valence-corrected chi connectivity index (χ3v) is 10.7. The zero-order valence-corrected chi connectivity index (χ0v) is 48.3. The number of amides is 6. The number of hydrogen-bond acceptors (Lipinski definition) is 11. The summed E-state index contributed by atoms with van der Waals surface area (Å²) in [6, 6.07) is 8.26. The van der Waals surface area contributed by atoms with Gasteiger partial charge in [0, 0.05) is 52.6 Å². The van der Waals surface area contributed by atoms with E-state index in [9.17, 15) is 38.4 Å². The van der Waals surface area contributed by atoms with Crippen molar-refractivity contribution in [3.8, 4) is 0 Å². The SMILES string of the molecule is CC(C)C.CC(C)c1ccccc1.CC(N)C(=O)NCC(=O)N1CC(NC=O)CC1C=O.CCC1=CCCC=C1.CCC=O.CCCC(=O)N(C)C.CN.CN[C@@H](C)C(=O)NC(C(=O)N1CCCC1)C(C)(C)C. The molecule has 1 aliphatic carbocycles. The van der Waals surface area contributed by atoms with Crippen LogP contribution in [0.5, 0.6) is 0 Å². The van der Waals surface area contributed by atoms with Crippen molar-refractivity contribution in [2.24, 2.45) is 22.8 Å². The maximum atomic E-state index is 12.5. The van der Waals surface area contributed by atoms with Gasteiger partial charge in [0.2, 0.25) is 35.9 Å². The first kappa shape index (κ1) is 74.3. The first-order valence-corrected chi connectivity index (χ1v) is 26.2. The van der Waals surface area contributed by atoms with Crippen molar-refractivity contribution in [2.75, 3.05) is 54.4 Å². The van der Waals surface area contributed by atoms with Crippen LogP contribution in [0, 0.1) is 11.3 Å². The molecule has 17 nitrogen and oxygen atoms in total. The van der Waals surface area contributed by atoms with Crippen LogP contribution in [0.1, 0.15) is 159 Å². The number of benzene rings is 1. The number of nitrogens with zero attached hydrogens (tertiary/aromatic N) is 3. The number of nitrogens with one attached hydrogen (secondary N) is 4. The second-order valence-corrected chi connectivity index (χ2v) is 19.8. The van der Waals surface area contributed by atoms with Crippen LogP contribution in [0.2, 0.25) is 0 Å². The molecule has 5 atom stereocenters. The average molecular weight is 1030 g/mol. The third kappa shape index (κ3) is 38.1. The summed E-state index contributed by atoms with van der Waals surface area (Å²) >= 11 is 0. The van der Waals surface area contributed by atoms with Crippen molar-refractivity contribution in [1.82, 2.24) is 36.0 Å². The topological polar surface area (TPSA) is 246 Å². The Bertz CT molecular complexity index is 1700. The fraction of sp³-hybridized carbons (Fsp3) is 0.679. The molecule has 4 rings (SSSR count). The summed E-state index contributed by atoms with van der Waals surface area (Å²) in [5.41, 5.74) is 12.5. The molecule has 0 bridgehead atoms. The molecule has 8 N–H and O–H groups in total. The Balaban J connectivity index is -0.000000406. The van der Waals surface area contributed by atoms with Gasteiger partial charge in [-0.1, -0.05) is 130 Å². The molecule has 17 heteroatoms. The highest BCUT2D eigenvalue weighted by Crippen LogP contribution is 2.23. The van der Waals surface area contributed by atoms with Crippen molar-refractivity contribution in [3.63, 3.8) is 0 Å². The molecular formula is C56H103N9O8. The second kappa shape index (κ2) is 45.4. The maximum Gasteiger partial charge on any atom is 0.245 e. The monoisotopic (exact) mass is 1030 g/mol. The van der Waals surface area contributed by atoms with Gasteiger partial charge in [0.25, 0.3) is 0 Å². The molecule has 1 aromatic rings. The largest absolute Gasteiger partial charge is 0.354 e. The standard InChI is InChI=1S/C14H27N3O2.C11H18N4O4.C9H12.C8H12.C6H13NO.C4H10.C3H6O.CH5N/c1-10(15-5)12(18)16-11(14(2,3)4)13(19)17-8-6-7-9-17;1-7(12)11(19)13-3-10(18)15-4-8(14-6-17)2-9(15)5-16;1-8(2)9-6-4-3-5-7-9;1-2-8-6-4-3-5-7-8;1-4-5-6(8)7(2)3;1-4(2)3;1-2-3-4;1-2/h10-11,15H,6-9H2,1-5H3,(H,16,18);5-9H,2-4,12H2,1H3,(H,13,19)(H,14,17);3-8H,1-2H3;4,6-7H,2-3,5H2,1H3;4-5H2,1-3H3;4H,1-3H3;3H,2H2,1H3;2H2,1H3/t10-,11?;;;;;;;/m0......./s1. The zero-order valence-electron chi connectivity index (χ0n) is 48.3. The summed E-state index contributed by atoms with van der Waals surface area (Å²) in [6.45, 7) is 27.8. The molecule has 0 saturated carbocycles. The number of allylic oxidation sites excluding steroid dienone is 4. The maximum absolute atomic E-state index is 12.5. The van der Waals surface area contributed by atoms with Gasteiger partial charge in [0.1, 0.15) is 18.6 Å². The molecule has 0 radical (unpaired) electrons. The third-order valence-electron chi connectivity index (χ3n) is 10.7. The number of nitrogens with two attached hydrogens (primary N) is 2. The average Bonchev–Trinajstić information content (AvgIpc) is 4.07. The van der Waals surface area contributed by atoms with Crippen LogP contribution in [0.15, 0.2) is 54.1 Å². The highest BCUT2D eigenvalue weighted by Gasteiger charge is 2.37. The van der Waals surface area contributed by atoms with E-state index >= 15 is 0 Å². The van der Waals surface area contributed by atoms with Gasteiger partial charge in [-0.25, -0.2) is 0 Å². The van der Waals surface area contributed by atoms with Gasteiger partial charge in [-0.3, -0.25) is 28.8 Å². The van der Waals surface area contributed by atoms with E-state index in [0.29, 0.717) is 37.9 Å². The van der Waals surface area contributed by atoms with Gasteiger partial charge in [-0.2, -0.15) is 0 Å². The normalized spacial score (nSPS) is 16.3. The first-order chi connectivity index (χ1) is 34.3. The molecular weight excluding hydrogens is 927 g/mol. The summed E-state index contributed by atoms with van der Waals surface area (Å²) in [5.74, 6) is 0.814. The van der Waals surface area contributed by atoms with Gasteiger partial charge in [-0.15, -0.1) is 0 Å². The molecule has 420 valence electrons. The lowest BCUT2D eigenvalue weighted by Crippen LogP contribution is -2.57. The highest BCUT2D eigenvalue weighted by atomic mass is 16.2.